The number of carboxylic acid groups (broad SMARTS) is 1. The van der Waals surface area contributed by atoms with Gasteiger partial charge >= 0.3 is 5.97 Å². The fourth-order valence-corrected chi connectivity index (χ4v) is 9.87. The van der Waals surface area contributed by atoms with Gasteiger partial charge in [0.05, 0.1) is 60.9 Å². The lowest BCUT2D eigenvalue weighted by Gasteiger charge is -2.50. The molecule has 1 saturated carbocycles. The number of fused-ring (bicyclic) bond motifs is 4. The normalized spacial score (nSPS) is 24.8. The molecule has 4 N–H and O–H groups in total. The third-order valence-corrected chi connectivity index (χ3v) is 12.4. The Morgan fingerprint density at radius 3 is 2.17 bits per heavy atom. The minimum Gasteiger partial charge on any atom is -0.507 e. The van der Waals surface area contributed by atoms with Gasteiger partial charge in [-0.3, -0.25) is 24.6 Å². The van der Waals surface area contributed by atoms with Crippen LogP contribution in [0.25, 0.3) is 0 Å². The van der Waals surface area contributed by atoms with Gasteiger partial charge in [-0.25, -0.2) is 9.69 Å². The summed E-state index contributed by atoms with van der Waals surface area (Å²) >= 11 is 12.7. The summed E-state index contributed by atoms with van der Waals surface area (Å²) in [7, 11) is 4.29. The van der Waals surface area contributed by atoms with Crippen molar-refractivity contribution in [3.63, 3.8) is 0 Å². The molecule has 0 radical (unpaired) electrons. The van der Waals surface area contributed by atoms with Crippen LogP contribution in [-0.2, 0) is 24.6 Å². The topological polar surface area (TPSA) is 192 Å². The van der Waals surface area contributed by atoms with Crippen molar-refractivity contribution in [1.82, 2.24) is 5.01 Å². The maximum absolute atomic E-state index is 15.6. The smallest absolute Gasteiger partial charge is 0.339 e. The quantitative estimate of drug-likeness (QED) is 0.109. The number of aromatic carboxylic acids is 1. The van der Waals surface area contributed by atoms with E-state index in [1.54, 1.807) is 42.5 Å². The Morgan fingerprint density at radius 2 is 1.53 bits per heavy atom. The number of carbonyl (C=O) groups excluding carboxylic acids is 4. The van der Waals surface area contributed by atoms with E-state index in [1.165, 1.54) is 45.6 Å². The summed E-state index contributed by atoms with van der Waals surface area (Å²) in [5.74, 6) is -9.21. The number of carboxylic acids is 1. The lowest BCUT2D eigenvalue weighted by Crippen LogP contribution is -2.53. The van der Waals surface area contributed by atoms with Crippen LogP contribution in [-0.4, -0.2) is 71.3 Å². The summed E-state index contributed by atoms with van der Waals surface area (Å²) in [5, 5.41) is 33.3. The number of phenols is 2. The lowest BCUT2D eigenvalue weighted by molar-refractivity contribution is -0.138. The highest BCUT2D eigenvalue weighted by atomic mass is 35.5. The van der Waals surface area contributed by atoms with Gasteiger partial charge in [0.2, 0.25) is 11.8 Å². The fourth-order valence-electron chi connectivity index (χ4n) is 9.42. The van der Waals surface area contributed by atoms with Crippen LogP contribution in [0.4, 0.5) is 11.4 Å². The highest BCUT2D eigenvalue weighted by Crippen LogP contribution is 2.66. The zero-order chi connectivity index (χ0) is 41.4. The van der Waals surface area contributed by atoms with Crippen LogP contribution in [0.3, 0.4) is 0 Å². The Morgan fingerprint density at radius 1 is 0.810 bits per heavy atom. The van der Waals surface area contributed by atoms with E-state index in [1.807, 2.05) is 0 Å². The van der Waals surface area contributed by atoms with Crippen LogP contribution < -0.4 is 24.5 Å². The van der Waals surface area contributed by atoms with Crippen LogP contribution in [0.5, 0.6) is 28.7 Å². The molecule has 4 amide bonds. The van der Waals surface area contributed by atoms with Crippen LogP contribution in [0, 0.1) is 23.7 Å². The first kappa shape index (κ1) is 38.6. The van der Waals surface area contributed by atoms with Crippen molar-refractivity contribution in [2.75, 3.05) is 31.7 Å². The van der Waals surface area contributed by atoms with Gasteiger partial charge in [0.1, 0.15) is 34.3 Å². The first-order valence-electron chi connectivity index (χ1n) is 18.1. The third kappa shape index (κ3) is 5.64. The number of amides is 4. The van der Waals surface area contributed by atoms with Crippen LogP contribution in [0.15, 0.2) is 84.4 Å². The minimum absolute atomic E-state index is 0.0230. The van der Waals surface area contributed by atoms with Crippen molar-refractivity contribution in [3.05, 3.63) is 111 Å². The molecule has 16 heteroatoms. The predicted octanol–water partition coefficient (Wildman–Crippen LogP) is 6.32. The molecule has 2 saturated heterocycles. The lowest BCUT2D eigenvalue weighted by atomic mass is 9.49. The van der Waals surface area contributed by atoms with Gasteiger partial charge in [-0.1, -0.05) is 47.0 Å². The maximum Gasteiger partial charge on any atom is 0.339 e. The third-order valence-electron chi connectivity index (χ3n) is 11.9. The van der Waals surface area contributed by atoms with Crippen LogP contribution in [0.1, 0.15) is 40.2 Å². The molecule has 0 bridgehead atoms. The summed E-state index contributed by atoms with van der Waals surface area (Å²) < 4.78 is 16.8. The van der Waals surface area contributed by atoms with E-state index < -0.39 is 75.9 Å². The van der Waals surface area contributed by atoms with Gasteiger partial charge in [-0.05, 0) is 66.8 Å². The number of phenolic OH excluding ortho intramolecular Hbond substituents is 1. The van der Waals surface area contributed by atoms with E-state index in [0.717, 1.165) is 22.0 Å². The molecule has 2 heterocycles. The molecular formula is C42H35Cl2N3O11. The summed E-state index contributed by atoms with van der Waals surface area (Å²) in [6.45, 7) is 0. The Kier molecular flexibility index (Phi) is 9.52. The van der Waals surface area contributed by atoms with Gasteiger partial charge in [-0.2, -0.15) is 5.01 Å². The van der Waals surface area contributed by atoms with E-state index in [0.29, 0.717) is 21.9 Å². The van der Waals surface area contributed by atoms with Gasteiger partial charge in [-0.15, -0.1) is 0 Å². The first-order chi connectivity index (χ1) is 27.8. The van der Waals surface area contributed by atoms with Gasteiger partial charge in [0, 0.05) is 34.7 Å². The summed E-state index contributed by atoms with van der Waals surface area (Å²) in [6, 6.07) is 17.5. The Hall–Kier alpha value is -6.25. The van der Waals surface area contributed by atoms with E-state index in [-0.39, 0.29) is 52.1 Å². The van der Waals surface area contributed by atoms with Crippen molar-refractivity contribution in [2.24, 2.45) is 23.7 Å². The molecule has 14 nitrogen and oxygen atoms in total. The second-order valence-electron chi connectivity index (χ2n) is 14.5. The molecule has 4 aromatic carbocycles. The largest absolute Gasteiger partial charge is 0.507 e. The van der Waals surface area contributed by atoms with Crippen molar-refractivity contribution in [2.45, 2.75) is 24.2 Å². The number of imide groups is 2. The maximum atomic E-state index is 15.6. The number of methoxy groups -OCH3 is 3. The Bertz CT molecular complexity index is 2470. The van der Waals surface area contributed by atoms with Crippen LogP contribution in [0.2, 0.25) is 10.0 Å². The summed E-state index contributed by atoms with van der Waals surface area (Å²) in [5.41, 5.74) is 1.96. The molecule has 58 heavy (non-hydrogen) atoms. The molecule has 4 aromatic rings. The van der Waals surface area contributed by atoms with E-state index in [2.05, 4.69) is 5.43 Å². The number of rotatable bonds is 9. The number of benzene rings is 4. The van der Waals surface area contributed by atoms with E-state index in [9.17, 15) is 29.7 Å². The molecular weight excluding hydrogens is 793 g/mol. The SMILES string of the molecule is COc1ccc(C23C(=O)N(Nc4ccc(Cl)cc4Cl)C(=O)C2CC2C(=CCC4C(=O)N(c5ccc(C(=O)O)c(O)c5)C(=O)C42)C3c2c(O)cc(OC)cc2OC)cc1. The van der Waals surface area contributed by atoms with Gasteiger partial charge in [0.15, 0.2) is 0 Å². The highest BCUT2D eigenvalue weighted by Gasteiger charge is 2.71. The van der Waals surface area contributed by atoms with Gasteiger partial charge < -0.3 is 29.5 Å². The molecule has 0 aromatic heterocycles. The van der Waals surface area contributed by atoms with Crippen molar-refractivity contribution >= 4 is 64.2 Å². The first-order valence-corrected chi connectivity index (χ1v) is 18.9. The number of hydrazine groups is 1. The average Bonchev–Trinajstić information content (AvgIpc) is 3.59. The summed E-state index contributed by atoms with van der Waals surface area (Å²) in [6.07, 6.45) is 1.76. The molecule has 6 atom stereocenters. The number of ether oxygens (including phenoxy) is 3. The molecule has 2 aliphatic carbocycles. The number of halogens is 2. The second-order valence-corrected chi connectivity index (χ2v) is 15.3. The average molecular weight is 829 g/mol. The second kappa shape index (κ2) is 14.3. The summed E-state index contributed by atoms with van der Waals surface area (Å²) in [4.78, 5) is 72.0. The highest BCUT2D eigenvalue weighted by molar-refractivity contribution is 6.36. The molecule has 3 fully saturated rings. The minimum atomic E-state index is -1.80. The number of nitrogens with one attached hydrogen (secondary N) is 1. The molecule has 0 spiro atoms. The van der Waals surface area contributed by atoms with Crippen molar-refractivity contribution in [1.29, 1.82) is 0 Å². The molecule has 2 aliphatic heterocycles. The Labute approximate surface area is 341 Å². The number of carbonyl (C=O) groups is 5. The number of hydrogen-bond donors (Lipinski definition) is 4. The molecule has 6 unspecified atom stereocenters. The standard InChI is InChI=1S/C42H35Cl2N3O11/c1-56-22-8-4-19(5-9-22)42-28(38(51)47(41(42)55)45-30-13-6-20(43)14-29(30)44)18-27-24(36(42)35-32(49)16-23(57-2)17-33(35)58-3)11-12-26-34(27)39(52)46(37(26)50)21-7-10-25(40(53)54)31(48)15-21/h4-11,13-17,26-28,34,36,45,48-49H,12,18H2,1-3H3,(H,53,54). The van der Waals surface area contributed by atoms with Crippen molar-refractivity contribution < 1.29 is 53.5 Å². The monoisotopic (exact) mass is 827 g/mol. The van der Waals surface area contributed by atoms with E-state index in [4.69, 9.17) is 37.4 Å². The number of aromatic hydroxyl groups is 2. The number of nitrogens with zero attached hydrogens (tertiary/aromatic N) is 2. The molecule has 298 valence electrons. The van der Waals surface area contributed by atoms with Gasteiger partial charge in [0.25, 0.3) is 11.8 Å². The van der Waals surface area contributed by atoms with E-state index >= 15 is 9.59 Å². The Balaban J connectivity index is 1.35. The molecule has 8 rings (SSSR count). The van der Waals surface area contributed by atoms with Crippen molar-refractivity contribution in [3.8, 4) is 28.7 Å². The number of allylic oxidation sites excluding steroid dienone is 2. The number of hydrogen-bond acceptors (Lipinski definition) is 11. The van der Waals surface area contributed by atoms with Crippen LogP contribution >= 0.6 is 23.2 Å². The zero-order valence-electron chi connectivity index (χ0n) is 31.1. The fraction of sp³-hybridized carbons (Fsp3) is 0.262. The molecule has 4 aliphatic rings. The predicted molar refractivity (Wildman–Crippen MR) is 209 cm³/mol. The number of anilines is 2. The zero-order valence-corrected chi connectivity index (χ0v) is 32.6.